The Morgan fingerprint density at radius 1 is 1.37 bits per heavy atom. The van der Waals surface area contributed by atoms with E-state index in [1.807, 2.05) is 24.3 Å². The van der Waals surface area contributed by atoms with Crippen LogP contribution in [-0.4, -0.2) is 21.2 Å². The van der Waals surface area contributed by atoms with Crippen LogP contribution in [0.25, 0.3) is 0 Å². The lowest BCUT2D eigenvalue weighted by Gasteiger charge is -1.97. The minimum atomic E-state index is -0.871. The average Bonchev–Trinajstić information content (AvgIpc) is 2.84. The minimum absolute atomic E-state index is 0.00148. The molecule has 0 saturated carbocycles. The molecule has 1 aromatic heterocycles. The molecule has 7 heteroatoms. The standard InChI is InChI=1S/C12H11BrN2O3S/c13-8-1-3-9(4-2-8)19-7-10-14-11(18-15-10)5-6-12(16)17/h1-4H,5-7H2,(H,16,17). The van der Waals surface area contributed by atoms with Gasteiger partial charge in [0.05, 0.1) is 12.2 Å². The van der Waals surface area contributed by atoms with E-state index in [0.717, 1.165) is 9.37 Å². The van der Waals surface area contributed by atoms with E-state index in [1.54, 1.807) is 11.8 Å². The first kappa shape index (κ1) is 14.1. The van der Waals surface area contributed by atoms with Crippen LogP contribution >= 0.6 is 27.7 Å². The summed E-state index contributed by atoms with van der Waals surface area (Å²) in [4.78, 5) is 15.7. The topological polar surface area (TPSA) is 76.2 Å². The summed E-state index contributed by atoms with van der Waals surface area (Å²) in [5.41, 5.74) is 0. The van der Waals surface area contributed by atoms with E-state index in [9.17, 15) is 4.79 Å². The Kier molecular flexibility index (Phi) is 4.98. The van der Waals surface area contributed by atoms with Gasteiger partial charge >= 0.3 is 5.97 Å². The Balaban J connectivity index is 1.86. The molecule has 0 saturated heterocycles. The normalized spacial score (nSPS) is 10.6. The molecule has 0 atom stereocenters. The molecule has 1 N–H and O–H groups in total. The largest absolute Gasteiger partial charge is 0.481 e. The third-order valence-electron chi connectivity index (χ3n) is 2.24. The predicted octanol–water partition coefficient (Wildman–Crippen LogP) is 3.14. The summed E-state index contributed by atoms with van der Waals surface area (Å²) in [6.45, 7) is 0. The van der Waals surface area contributed by atoms with Crippen LogP contribution in [0, 0.1) is 0 Å². The van der Waals surface area contributed by atoms with Crippen molar-refractivity contribution in [2.45, 2.75) is 23.5 Å². The SMILES string of the molecule is O=C(O)CCc1nc(CSc2ccc(Br)cc2)no1. The number of halogens is 1. The van der Waals surface area contributed by atoms with Crippen molar-refractivity contribution in [2.24, 2.45) is 0 Å². The quantitative estimate of drug-likeness (QED) is 0.812. The third kappa shape index (κ3) is 4.68. The number of carboxylic acid groups (broad SMARTS) is 1. The van der Waals surface area contributed by atoms with Gasteiger partial charge in [0.2, 0.25) is 5.89 Å². The number of aromatic nitrogens is 2. The van der Waals surface area contributed by atoms with Gasteiger partial charge < -0.3 is 9.63 Å². The van der Waals surface area contributed by atoms with E-state index in [-0.39, 0.29) is 12.8 Å². The van der Waals surface area contributed by atoms with Crippen LogP contribution in [0.4, 0.5) is 0 Å². The van der Waals surface area contributed by atoms with Crippen molar-refractivity contribution < 1.29 is 14.4 Å². The minimum Gasteiger partial charge on any atom is -0.481 e. The Bertz CT molecular complexity index is 556. The number of benzene rings is 1. The molecule has 0 amide bonds. The molecular formula is C12H11BrN2O3S. The van der Waals surface area contributed by atoms with Crippen molar-refractivity contribution in [3.05, 3.63) is 40.5 Å². The zero-order chi connectivity index (χ0) is 13.7. The summed E-state index contributed by atoms with van der Waals surface area (Å²) in [6.07, 6.45) is 0.271. The van der Waals surface area contributed by atoms with Gasteiger partial charge in [-0.25, -0.2) is 0 Å². The molecule has 0 bridgehead atoms. The lowest BCUT2D eigenvalue weighted by atomic mass is 10.3. The number of carbonyl (C=O) groups is 1. The van der Waals surface area contributed by atoms with Gasteiger partial charge in [-0.05, 0) is 24.3 Å². The number of rotatable bonds is 6. The zero-order valence-electron chi connectivity index (χ0n) is 9.88. The molecule has 0 spiro atoms. The zero-order valence-corrected chi connectivity index (χ0v) is 12.3. The fourth-order valence-electron chi connectivity index (χ4n) is 1.34. The summed E-state index contributed by atoms with van der Waals surface area (Å²) in [5.74, 6) is 0.671. The van der Waals surface area contributed by atoms with Gasteiger partial charge in [-0.3, -0.25) is 4.79 Å². The molecule has 100 valence electrons. The van der Waals surface area contributed by atoms with Gasteiger partial charge in [0.25, 0.3) is 0 Å². The van der Waals surface area contributed by atoms with Crippen LogP contribution < -0.4 is 0 Å². The lowest BCUT2D eigenvalue weighted by molar-refractivity contribution is -0.137. The van der Waals surface area contributed by atoms with Crippen LogP contribution in [0.5, 0.6) is 0 Å². The summed E-state index contributed by atoms with van der Waals surface area (Å²) in [5, 5.41) is 12.4. The highest BCUT2D eigenvalue weighted by atomic mass is 79.9. The van der Waals surface area contributed by atoms with Gasteiger partial charge in [0.1, 0.15) is 0 Å². The summed E-state index contributed by atoms with van der Waals surface area (Å²) >= 11 is 4.97. The number of hydrogen-bond acceptors (Lipinski definition) is 5. The summed E-state index contributed by atoms with van der Waals surface area (Å²) in [7, 11) is 0. The molecular weight excluding hydrogens is 332 g/mol. The molecule has 0 radical (unpaired) electrons. The van der Waals surface area contributed by atoms with Crippen molar-refractivity contribution in [2.75, 3.05) is 0 Å². The van der Waals surface area contributed by atoms with Crippen LogP contribution in [0.1, 0.15) is 18.1 Å². The molecule has 0 aliphatic rings. The number of thioether (sulfide) groups is 1. The molecule has 19 heavy (non-hydrogen) atoms. The van der Waals surface area contributed by atoms with E-state index in [1.165, 1.54) is 0 Å². The van der Waals surface area contributed by atoms with Crippen LogP contribution in [-0.2, 0) is 17.0 Å². The second-order valence-corrected chi connectivity index (χ2v) is 5.71. The Hall–Kier alpha value is -1.34. The lowest BCUT2D eigenvalue weighted by Crippen LogP contribution is -1.97. The molecule has 0 fully saturated rings. The maximum atomic E-state index is 10.4. The van der Waals surface area contributed by atoms with Crippen molar-refractivity contribution in [1.82, 2.24) is 10.1 Å². The van der Waals surface area contributed by atoms with E-state index in [0.29, 0.717) is 17.5 Å². The van der Waals surface area contributed by atoms with Gasteiger partial charge in [0, 0.05) is 15.8 Å². The van der Waals surface area contributed by atoms with Gasteiger partial charge in [-0.1, -0.05) is 21.1 Å². The monoisotopic (exact) mass is 342 g/mol. The van der Waals surface area contributed by atoms with Crippen LogP contribution in [0.3, 0.4) is 0 Å². The van der Waals surface area contributed by atoms with E-state index in [2.05, 4.69) is 26.1 Å². The number of aliphatic carboxylic acids is 1. The molecule has 0 aliphatic carbocycles. The van der Waals surface area contributed by atoms with E-state index >= 15 is 0 Å². The highest BCUT2D eigenvalue weighted by molar-refractivity contribution is 9.10. The molecule has 1 heterocycles. The number of carboxylic acids is 1. The van der Waals surface area contributed by atoms with Crippen molar-refractivity contribution >= 4 is 33.7 Å². The molecule has 2 rings (SSSR count). The third-order valence-corrected chi connectivity index (χ3v) is 3.78. The number of hydrogen-bond donors (Lipinski definition) is 1. The predicted molar refractivity (Wildman–Crippen MR) is 74.0 cm³/mol. The van der Waals surface area contributed by atoms with Gasteiger partial charge in [0.15, 0.2) is 5.82 Å². The fourth-order valence-corrected chi connectivity index (χ4v) is 2.35. The van der Waals surface area contributed by atoms with E-state index < -0.39 is 5.97 Å². The maximum absolute atomic E-state index is 10.4. The second kappa shape index (κ2) is 6.72. The fraction of sp³-hybridized carbons (Fsp3) is 0.250. The Morgan fingerprint density at radius 2 is 2.11 bits per heavy atom. The number of nitrogens with zero attached hydrogens (tertiary/aromatic N) is 2. The van der Waals surface area contributed by atoms with Crippen molar-refractivity contribution in [3.8, 4) is 0 Å². The molecule has 5 nitrogen and oxygen atoms in total. The highest BCUT2D eigenvalue weighted by Crippen LogP contribution is 2.23. The van der Waals surface area contributed by atoms with Crippen LogP contribution in [0.2, 0.25) is 0 Å². The first-order valence-electron chi connectivity index (χ1n) is 5.55. The molecule has 1 aromatic carbocycles. The van der Waals surface area contributed by atoms with Gasteiger partial charge in [-0.15, -0.1) is 11.8 Å². The van der Waals surface area contributed by atoms with Crippen molar-refractivity contribution in [3.63, 3.8) is 0 Å². The van der Waals surface area contributed by atoms with Crippen molar-refractivity contribution in [1.29, 1.82) is 0 Å². The summed E-state index contributed by atoms with van der Waals surface area (Å²) < 4.78 is 6.01. The first-order valence-corrected chi connectivity index (χ1v) is 7.33. The Morgan fingerprint density at radius 3 is 2.79 bits per heavy atom. The molecule has 0 aliphatic heterocycles. The molecule has 2 aromatic rings. The van der Waals surface area contributed by atoms with E-state index in [4.69, 9.17) is 9.63 Å². The number of aryl methyl sites for hydroxylation is 1. The maximum Gasteiger partial charge on any atom is 0.303 e. The highest BCUT2D eigenvalue weighted by Gasteiger charge is 2.08. The molecule has 0 unspecified atom stereocenters. The second-order valence-electron chi connectivity index (χ2n) is 3.74. The summed E-state index contributed by atoms with van der Waals surface area (Å²) in [6, 6.07) is 7.94. The average molecular weight is 343 g/mol. The first-order chi connectivity index (χ1) is 9.13. The smallest absolute Gasteiger partial charge is 0.303 e. The van der Waals surface area contributed by atoms with Gasteiger partial charge in [-0.2, -0.15) is 4.98 Å². The van der Waals surface area contributed by atoms with Crippen LogP contribution in [0.15, 0.2) is 38.2 Å². The Labute approximate surface area is 122 Å².